The lowest BCUT2D eigenvalue weighted by atomic mass is 9.75. The Kier molecular flexibility index (Phi) is 3.10. The van der Waals surface area contributed by atoms with Crippen molar-refractivity contribution in [2.24, 2.45) is 11.8 Å². The minimum absolute atomic E-state index is 0.0186. The Morgan fingerprint density at radius 1 is 1.31 bits per heavy atom. The molecule has 3 atom stereocenters. The maximum atomic E-state index is 12.3. The van der Waals surface area contributed by atoms with E-state index in [-0.39, 0.29) is 17.6 Å². The molecular formula is C14H18O2. The molecule has 1 aromatic rings. The molecule has 0 fully saturated rings. The maximum Gasteiger partial charge on any atom is 0.166 e. The number of hydrogen-bond donors (Lipinski definition) is 1. The van der Waals surface area contributed by atoms with Crippen molar-refractivity contribution in [3.63, 3.8) is 0 Å². The third-order valence-corrected chi connectivity index (χ3v) is 3.74. The van der Waals surface area contributed by atoms with Crippen LogP contribution in [0.25, 0.3) is 0 Å². The number of aliphatic hydroxyl groups is 1. The second kappa shape index (κ2) is 4.38. The van der Waals surface area contributed by atoms with E-state index in [9.17, 15) is 9.90 Å². The summed E-state index contributed by atoms with van der Waals surface area (Å²) in [5.74, 6) is 0.228. The van der Waals surface area contributed by atoms with E-state index in [0.29, 0.717) is 0 Å². The molecule has 0 bridgehead atoms. The van der Waals surface area contributed by atoms with Gasteiger partial charge in [-0.1, -0.05) is 31.2 Å². The van der Waals surface area contributed by atoms with E-state index in [1.807, 2.05) is 31.2 Å². The summed E-state index contributed by atoms with van der Waals surface area (Å²) in [5, 5.41) is 9.59. The third-order valence-electron chi connectivity index (χ3n) is 3.74. The van der Waals surface area contributed by atoms with Gasteiger partial charge in [0.05, 0.1) is 6.10 Å². The molecule has 0 aliphatic heterocycles. The largest absolute Gasteiger partial charge is 0.393 e. The van der Waals surface area contributed by atoms with Crippen molar-refractivity contribution in [2.45, 2.75) is 32.8 Å². The normalized spacial score (nSPS) is 23.7. The van der Waals surface area contributed by atoms with Crippen LogP contribution in [0, 0.1) is 11.8 Å². The first-order valence-corrected chi connectivity index (χ1v) is 5.91. The van der Waals surface area contributed by atoms with Crippen molar-refractivity contribution in [1.82, 2.24) is 0 Å². The highest BCUT2D eigenvalue weighted by Crippen LogP contribution is 2.31. The molecule has 3 unspecified atom stereocenters. The SMILES string of the molecule is CC(O)C(C)C1CCc2ccccc2C1=O. The van der Waals surface area contributed by atoms with Crippen LogP contribution < -0.4 is 0 Å². The molecule has 0 radical (unpaired) electrons. The third kappa shape index (κ3) is 1.90. The van der Waals surface area contributed by atoms with Crippen LogP contribution in [0.15, 0.2) is 24.3 Å². The lowest BCUT2D eigenvalue weighted by molar-refractivity contribution is 0.0651. The lowest BCUT2D eigenvalue weighted by Gasteiger charge is -2.29. The van der Waals surface area contributed by atoms with E-state index in [2.05, 4.69) is 0 Å². The van der Waals surface area contributed by atoms with Crippen molar-refractivity contribution < 1.29 is 9.90 Å². The molecule has 1 aliphatic carbocycles. The molecule has 0 heterocycles. The first kappa shape index (κ1) is 11.3. The molecule has 1 N–H and O–H groups in total. The summed E-state index contributed by atoms with van der Waals surface area (Å²) in [4.78, 5) is 12.3. The number of fused-ring (bicyclic) bond motifs is 1. The van der Waals surface area contributed by atoms with Gasteiger partial charge in [-0.2, -0.15) is 0 Å². The average Bonchev–Trinajstić information content (AvgIpc) is 2.29. The van der Waals surface area contributed by atoms with Crippen LogP contribution in [0.2, 0.25) is 0 Å². The zero-order valence-electron chi connectivity index (χ0n) is 9.81. The molecule has 0 saturated carbocycles. The monoisotopic (exact) mass is 218 g/mol. The molecule has 1 aromatic carbocycles. The number of ketones is 1. The van der Waals surface area contributed by atoms with Gasteiger partial charge in [0.15, 0.2) is 5.78 Å². The van der Waals surface area contributed by atoms with Crippen molar-refractivity contribution >= 4 is 5.78 Å². The second-order valence-corrected chi connectivity index (χ2v) is 4.77. The van der Waals surface area contributed by atoms with E-state index < -0.39 is 6.10 Å². The molecule has 1 aliphatic rings. The molecule has 86 valence electrons. The summed E-state index contributed by atoms with van der Waals surface area (Å²) < 4.78 is 0. The molecule has 16 heavy (non-hydrogen) atoms. The van der Waals surface area contributed by atoms with Crippen molar-refractivity contribution in [2.75, 3.05) is 0 Å². The average molecular weight is 218 g/mol. The highest BCUT2D eigenvalue weighted by Gasteiger charge is 2.32. The molecule has 0 saturated heterocycles. The Labute approximate surface area is 96.3 Å². The Morgan fingerprint density at radius 3 is 2.69 bits per heavy atom. The van der Waals surface area contributed by atoms with Crippen LogP contribution in [0.1, 0.15) is 36.2 Å². The van der Waals surface area contributed by atoms with Crippen LogP contribution in [-0.2, 0) is 6.42 Å². The highest BCUT2D eigenvalue weighted by atomic mass is 16.3. The van der Waals surface area contributed by atoms with E-state index in [0.717, 1.165) is 24.0 Å². The molecule has 2 heteroatoms. The van der Waals surface area contributed by atoms with Gasteiger partial charge < -0.3 is 5.11 Å². The number of benzene rings is 1. The van der Waals surface area contributed by atoms with Gasteiger partial charge in [-0.25, -0.2) is 0 Å². The van der Waals surface area contributed by atoms with Crippen molar-refractivity contribution in [3.8, 4) is 0 Å². The highest BCUT2D eigenvalue weighted by molar-refractivity contribution is 6.00. The molecule has 2 nitrogen and oxygen atoms in total. The summed E-state index contributed by atoms with van der Waals surface area (Å²) in [6.07, 6.45) is 1.39. The van der Waals surface area contributed by atoms with Crippen LogP contribution in [0.4, 0.5) is 0 Å². The Hall–Kier alpha value is -1.15. The summed E-state index contributed by atoms with van der Waals surface area (Å²) in [7, 11) is 0. The van der Waals surface area contributed by atoms with Crippen LogP contribution in [-0.4, -0.2) is 17.0 Å². The molecule has 0 spiro atoms. The molecule has 0 amide bonds. The number of aliphatic hydroxyl groups excluding tert-OH is 1. The van der Waals surface area contributed by atoms with Crippen LogP contribution in [0.3, 0.4) is 0 Å². The van der Waals surface area contributed by atoms with Gasteiger partial charge in [0.2, 0.25) is 0 Å². The first-order valence-electron chi connectivity index (χ1n) is 5.91. The molecule has 0 aromatic heterocycles. The summed E-state index contributed by atoms with van der Waals surface area (Å²) in [5.41, 5.74) is 2.01. The van der Waals surface area contributed by atoms with Crippen molar-refractivity contribution in [1.29, 1.82) is 0 Å². The minimum atomic E-state index is -0.417. The quantitative estimate of drug-likeness (QED) is 0.828. The van der Waals surface area contributed by atoms with Gasteiger partial charge >= 0.3 is 0 Å². The summed E-state index contributed by atoms with van der Waals surface area (Å²) >= 11 is 0. The van der Waals surface area contributed by atoms with Crippen LogP contribution in [0.5, 0.6) is 0 Å². The number of hydrogen-bond acceptors (Lipinski definition) is 2. The zero-order valence-corrected chi connectivity index (χ0v) is 9.81. The van der Waals surface area contributed by atoms with Gasteiger partial charge in [0, 0.05) is 11.5 Å². The topological polar surface area (TPSA) is 37.3 Å². The van der Waals surface area contributed by atoms with Gasteiger partial charge in [-0.3, -0.25) is 4.79 Å². The van der Waals surface area contributed by atoms with Gasteiger partial charge in [-0.15, -0.1) is 0 Å². The Bertz CT molecular complexity index is 395. The second-order valence-electron chi connectivity index (χ2n) is 4.77. The van der Waals surface area contributed by atoms with Gasteiger partial charge in [0.25, 0.3) is 0 Å². The summed E-state index contributed by atoms with van der Waals surface area (Å²) in [6.45, 7) is 3.72. The van der Waals surface area contributed by atoms with Crippen LogP contribution >= 0.6 is 0 Å². The van der Waals surface area contributed by atoms with E-state index in [1.54, 1.807) is 6.92 Å². The smallest absolute Gasteiger partial charge is 0.166 e. The minimum Gasteiger partial charge on any atom is -0.393 e. The number of rotatable bonds is 2. The number of aryl methyl sites for hydroxylation is 1. The summed E-state index contributed by atoms with van der Waals surface area (Å²) in [6, 6.07) is 7.81. The molecule has 2 rings (SSSR count). The fraction of sp³-hybridized carbons (Fsp3) is 0.500. The molecular weight excluding hydrogens is 200 g/mol. The fourth-order valence-electron chi connectivity index (χ4n) is 2.46. The van der Waals surface area contributed by atoms with E-state index >= 15 is 0 Å². The predicted octanol–water partition coefficient (Wildman–Crippen LogP) is 2.45. The fourth-order valence-corrected chi connectivity index (χ4v) is 2.46. The Balaban J connectivity index is 2.28. The maximum absolute atomic E-state index is 12.3. The number of Topliss-reactive ketones (excluding diaryl/α,β-unsaturated/α-hetero) is 1. The number of carbonyl (C=O) groups excluding carboxylic acids is 1. The van der Waals surface area contributed by atoms with Gasteiger partial charge in [0.1, 0.15) is 0 Å². The van der Waals surface area contributed by atoms with E-state index in [4.69, 9.17) is 0 Å². The zero-order chi connectivity index (χ0) is 11.7. The lowest BCUT2D eigenvalue weighted by Crippen LogP contribution is -2.33. The van der Waals surface area contributed by atoms with Crippen molar-refractivity contribution in [3.05, 3.63) is 35.4 Å². The first-order chi connectivity index (χ1) is 7.61. The Morgan fingerprint density at radius 2 is 2.00 bits per heavy atom. The van der Waals surface area contributed by atoms with E-state index in [1.165, 1.54) is 0 Å². The number of carbonyl (C=O) groups is 1. The standard InChI is InChI=1S/C14H18O2/c1-9(10(2)15)12-8-7-11-5-3-4-6-13(11)14(12)16/h3-6,9-10,12,15H,7-8H2,1-2H3. The predicted molar refractivity (Wildman–Crippen MR) is 63.4 cm³/mol. The van der Waals surface area contributed by atoms with Gasteiger partial charge in [-0.05, 0) is 31.2 Å².